The monoisotopic (exact) mass is 177 g/mol. The first kappa shape index (κ1) is 7.98. The molecule has 2 rings (SSSR count). The van der Waals surface area contributed by atoms with Crippen molar-refractivity contribution in [1.82, 2.24) is 4.57 Å². The van der Waals surface area contributed by atoms with Crippen LogP contribution in [0.3, 0.4) is 0 Å². The third kappa shape index (κ3) is 0.967. The molecule has 0 spiro atoms. The number of fused-ring (bicyclic) bond motifs is 1. The summed E-state index contributed by atoms with van der Waals surface area (Å²) in [5.41, 5.74) is 1.64. The van der Waals surface area contributed by atoms with Gasteiger partial charge in [-0.15, -0.1) is 0 Å². The Kier molecular flexibility index (Phi) is 1.49. The van der Waals surface area contributed by atoms with Crippen molar-refractivity contribution in [2.75, 3.05) is 0 Å². The van der Waals surface area contributed by atoms with Gasteiger partial charge in [0.2, 0.25) is 0 Å². The van der Waals surface area contributed by atoms with E-state index in [0.717, 1.165) is 16.5 Å². The number of aromatic hydroxyl groups is 2. The first-order valence-corrected chi connectivity index (χ1v) is 4.08. The van der Waals surface area contributed by atoms with Gasteiger partial charge in [-0.05, 0) is 13.0 Å². The van der Waals surface area contributed by atoms with E-state index in [1.807, 2.05) is 23.9 Å². The Morgan fingerprint density at radius 2 is 2.00 bits per heavy atom. The minimum atomic E-state index is -0.0631. The number of hydrogen-bond acceptors (Lipinski definition) is 2. The number of rotatable bonds is 0. The van der Waals surface area contributed by atoms with E-state index in [9.17, 15) is 10.2 Å². The van der Waals surface area contributed by atoms with E-state index < -0.39 is 0 Å². The van der Waals surface area contributed by atoms with Crippen LogP contribution in [0.5, 0.6) is 11.5 Å². The molecule has 0 atom stereocenters. The number of phenolic OH excluding ortho intramolecular Hbond substituents is 2. The number of nitrogens with zero attached hydrogens (tertiary/aromatic N) is 1. The Balaban J connectivity index is 2.96. The quantitative estimate of drug-likeness (QED) is 0.603. The molecule has 0 fully saturated rings. The zero-order chi connectivity index (χ0) is 9.59. The van der Waals surface area contributed by atoms with Crippen LogP contribution in [0.25, 0.3) is 10.9 Å². The lowest BCUT2D eigenvalue weighted by Crippen LogP contribution is -1.85. The first-order chi connectivity index (χ1) is 6.11. The summed E-state index contributed by atoms with van der Waals surface area (Å²) >= 11 is 0. The summed E-state index contributed by atoms with van der Waals surface area (Å²) in [7, 11) is 1.90. The second kappa shape index (κ2) is 2.42. The van der Waals surface area contributed by atoms with Crippen LogP contribution in [0.2, 0.25) is 0 Å². The number of benzene rings is 1. The van der Waals surface area contributed by atoms with Crippen molar-refractivity contribution in [2.24, 2.45) is 7.05 Å². The van der Waals surface area contributed by atoms with Crippen LogP contribution in [-0.2, 0) is 7.05 Å². The third-order valence-corrected chi connectivity index (χ3v) is 2.40. The van der Waals surface area contributed by atoms with Crippen molar-refractivity contribution in [2.45, 2.75) is 6.92 Å². The summed E-state index contributed by atoms with van der Waals surface area (Å²) < 4.78 is 1.90. The lowest BCUT2D eigenvalue weighted by Gasteiger charge is -2.04. The molecule has 1 aromatic carbocycles. The molecule has 0 aliphatic rings. The minimum Gasteiger partial charge on any atom is -0.504 e. The van der Waals surface area contributed by atoms with Gasteiger partial charge in [0.1, 0.15) is 0 Å². The molecule has 0 aliphatic heterocycles. The first-order valence-electron chi connectivity index (χ1n) is 4.08. The topological polar surface area (TPSA) is 45.4 Å². The van der Waals surface area contributed by atoms with Gasteiger partial charge in [-0.25, -0.2) is 0 Å². The molecule has 3 nitrogen and oxygen atoms in total. The predicted octanol–water partition coefficient (Wildman–Crippen LogP) is 1.90. The Morgan fingerprint density at radius 1 is 1.31 bits per heavy atom. The van der Waals surface area contributed by atoms with Crippen LogP contribution >= 0.6 is 0 Å². The zero-order valence-corrected chi connectivity index (χ0v) is 7.57. The highest BCUT2D eigenvalue weighted by molar-refractivity contribution is 5.87. The number of phenols is 2. The van der Waals surface area contributed by atoms with Gasteiger partial charge >= 0.3 is 0 Å². The molecule has 2 N–H and O–H groups in total. The second-order valence-electron chi connectivity index (χ2n) is 3.23. The van der Waals surface area contributed by atoms with Crippen LogP contribution in [0, 0.1) is 6.92 Å². The average Bonchev–Trinajstić information content (AvgIpc) is 2.45. The SMILES string of the molecule is Cc1c(O)c(O)cc2c1ccn2C. The molecule has 2 aromatic rings. The molecule has 13 heavy (non-hydrogen) atoms. The van der Waals surface area contributed by atoms with E-state index in [0.29, 0.717) is 0 Å². The molecule has 0 saturated carbocycles. The van der Waals surface area contributed by atoms with Crippen molar-refractivity contribution < 1.29 is 10.2 Å². The molecule has 0 aliphatic carbocycles. The molecular formula is C10H11NO2. The van der Waals surface area contributed by atoms with Crippen molar-refractivity contribution in [1.29, 1.82) is 0 Å². The summed E-state index contributed by atoms with van der Waals surface area (Å²) in [6.45, 7) is 1.79. The maximum absolute atomic E-state index is 9.45. The number of aryl methyl sites for hydroxylation is 2. The second-order valence-corrected chi connectivity index (χ2v) is 3.23. The molecule has 0 radical (unpaired) electrons. The molecule has 3 heteroatoms. The Morgan fingerprint density at radius 3 is 2.69 bits per heavy atom. The zero-order valence-electron chi connectivity index (χ0n) is 7.57. The van der Waals surface area contributed by atoms with Crippen LogP contribution in [0.4, 0.5) is 0 Å². The lowest BCUT2D eigenvalue weighted by atomic mass is 10.1. The molecular weight excluding hydrogens is 166 g/mol. The average molecular weight is 177 g/mol. The van der Waals surface area contributed by atoms with E-state index in [1.165, 1.54) is 0 Å². The summed E-state index contributed by atoms with van der Waals surface area (Å²) in [6, 6.07) is 3.49. The largest absolute Gasteiger partial charge is 0.504 e. The normalized spacial score (nSPS) is 10.9. The molecule has 1 heterocycles. The van der Waals surface area contributed by atoms with Crippen LogP contribution in [0.15, 0.2) is 18.3 Å². The molecule has 0 saturated heterocycles. The Labute approximate surface area is 75.9 Å². The summed E-state index contributed by atoms with van der Waals surface area (Å²) in [5, 5.41) is 19.8. The van der Waals surface area contributed by atoms with Gasteiger partial charge in [0.25, 0.3) is 0 Å². The van der Waals surface area contributed by atoms with Gasteiger partial charge in [0.15, 0.2) is 11.5 Å². The standard InChI is InChI=1S/C10H11NO2/c1-6-7-3-4-11(2)8(7)5-9(12)10(6)13/h3-5,12-13H,1-2H3. The summed E-state index contributed by atoms with van der Waals surface area (Å²) in [4.78, 5) is 0. The van der Waals surface area contributed by atoms with Crippen molar-refractivity contribution in [3.8, 4) is 11.5 Å². The van der Waals surface area contributed by atoms with Gasteiger partial charge in [-0.3, -0.25) is 0 Å². The number of aromatic nitrogens is 1. The van der Waals surface area contributed by atoms with E-state index in [4.69, 9.17) is 0 Å². The van der Waals surface area contributed by atoms with Crippen LogP contribution in [0.1, 0.15) is 5.56 Å². The van der Waals surface area contributed by atoms with E-state index in [-0.39, 0.29) is 11.5 Å². The highest BCUT2D eigenvalue weighted by atomic mass is 16.3. The highest BCUT2D eigenvalue weighted by Crippen LogP contribution is 2.35. The van der Waals surface area contributed by atoms with Crippen LogP contribution in [-0.4, -0.2) is 14.8 Å². The Hall–Kier alpha value is -1.64. The van der Waals surface area contributed by atoms with Gasteiger partial charge < -0.3 is 14.8 Å². The fraction of sp³-hybridized carbons (Fsp3) is 0.200. The molecule has 0 bridgehead atoms. The maximum Gasteiger partial charge on any atom is 0.161 e. The molecule has 0 unspecified atom stereocenters. The van der Waals surface area contributed by atoms with E-state index in [1.54, 1.807) is 13.0 Å². The highest BCUT2D eigenvalue weighted by Gasteiger charge is 2.09. The van der Waals surface area contributed by atoms with Crippen molar-refractivity contribution in [3.63, 3.8) is 0 Å². The fourth-order valence-corrected chi connectivity index (χ4v) is 1.56. The van der Waals surface area contributed by atoms with E-state index >= 15 is 0 Å². The van der Waals surface area contributed by atoms with Gasteiger partial charge in [0, 0.05) is 30.3 Å². The third-order valence-electron chi connectivity index (χ3n) is 2.40. The molecule has 0 amide bonds. The lowest BCUT2D eigenvalue weighted by molar-refractivity contribution is 0.402. The Bertz CT molecular complexity index is 471. The van der Waals surface area contributed by atoms with Crippen LogP contribution < -0.4 is 0 Å². The number of hydrogen-bond donors (Lipinski definition) is 2. The molecule has 68 valence electrons. The van der Waals surface area contributed by atoms with Crippen molar-refractivity contribution in [3.05, 3.63) is 23.9 Å². The van der Waals surface area contributed by atoms with Gasteiger partial charge in [-0.2, -0.15) is 0 Å². The summed E-state index contributed by atoms with van der Waals surface area (Å²) in [5.74, 6) is -0.0921. The smallest absolute Gasteiger partial charge is 0.161 e. The molecule has 1 aromatic heterocycles. The van der Waals surface area contributed by atoms with Crippen molar-refractivity contribution >= 4 is 10.9 Å². The predicted molar refractivity (Wildman–Crippen MR) is 51.0 cm³/mol. The maximum atomic E-state index is 9.45. The minimum absolute atomic E-state index is 0.0290. The van der Waals surface area contributed by atoms with Gasteiger partial charge in [-0.1, -0.05) is 0 Å². The van der Waals surface area contributed by atoms with Gasteiger partial charge in [0.05, 0.1) is 5.52 Å². The fourth-order valence-electron chi connectivity index (χ4n) is 1.56. The van der Waals surface area contributed by atoms with E-state index in [2.05, 4.69) is 0 Å². The summed E-state index contributed by atoms with van der Waals surface area (Å²) in [6.07, 6.45) is 1.90.